The predicted molar refractivity (Wildman–Crippen MR) is 117 cm³/mol. The highest BCUT2D eigenvalue weighted by atomic mass is 32.1. The van der Waals surface area contributed by atoms with Crippen LogP contribution in [0.25, 0.3) is 10.4 Å². The zero-order chi connectivity index (χ0) is 21.0. The first kappa shape index (κ1) is 20.4. The summed E-state index contributed by atoms with van der Waals surface area (Å²) in [6, 6.07) is 16.3. The molecular formula is C22H23N3O3S. The number of carboxylic acid groups (broad SMARTS) is 1. The van der Waals surface area contributed by atoms with Crippen molar-refractivity contribution in [1.29, 1.82) is 5.41 Å². The lowest BCUT2D eigenvalue weighted by atomic mass is 9.89. The van der Waals surface area contributed by atoms with Gasteiger partial charge in [-0.05, 0) is 78.9 Å². The fourth-order valence-corrected chi connectivity index (χ4v) is 3.71. The molecule has 7 heteroatoms. The lowest BCUT2D eigenvalue weighted by Crippen LogP contribution is -2.40. The predicted octanol–water partition coefficient (Wildman–Crippen LogP) is 4.51. The van der Waals surface area contributed by atoms with Crippen LogP contribution in [0.4, 0.5) is 5.69 Å². The van der Waals surface area contributed by atoms with Crippen molar-refractivity contribution < 1.29 is 14.6 Å². The van der Waals surface area contributed by atoms with Crippen molar-refractivity contribution in [1.82, 2.24) is 0 Å². The van der Waals surface area contributed by atoms with Gasteiger partial charge in [-0.25, -0.2) is 4.79 Å². The molecule has 1 atom stereocenters. The van der Waals surface area contributed by atoms with Gasteiger partial charge in [-0.3, -0.25) is 5.41 Å². The van der Waals surface area contributed by atoms with Crippen molar-refractivity contribution >= 4 is 28.8 Å². The molecule has 0 amide bonds. The van der Waals surface area contributed by atoms with E-state index in [1.54, 1.807) is 48.6 Å². The third-order valence-electron chi connectivity index (χ3n) is 4.62. The molecule has 1 aromatic heterocycles. The minimum absolute atomic E-state index is 0.0393. The van der Waals surface area contributed by atoms with Crippen molar-refractivity contribution in [3.8, 4) is 16.2 Å². The Morgan fingerprint density at radius 2 is 1.97 bits per heavy atom. The molecule has 1 unspecified atom stereocenters. The SMILES string of the molecule is CCOc1cc(-c2cccs2)cc(C(C)(Nc2ccc(C(=N)N)cc2)C(=O)O)c1. The van der Waals surface area contributed by atoms with E-state index in [1.807, 2.05) is 36.6 Å². The molecule has 6 nitrogen and oxygen atoms in total. The van der Waals surface area contributed by atoms with Gasteiger partial charge in [-0.2, -0.15) is 0 Å². The van der Waals surface area contributed by atoms with Crippen LogP contribution in [0.3, 0.4) is 0 Å². The van der Waals surface area contributed by atoms with Gasteiger partial charge in [0.15, 0.2) is 5.54 Å². The number of anilines is 1. The van der Waals surface area contributed by atoms with Crippen LogP contribution >= 0.6 is 11.3 Å². The van der Waals surface area contributed by atoms with Crippen molar-refractivity contribution in [2.75, 3.05) is 11.9 Å². The van der Waals surface area contributed by atoms with E-state index in [0.717, 1.165) is 10.4 Å². The van der Waals surface area contributed by atoms with Crippen LogP contribution in [-0.2, 0) is 10.3 Å². The zero-order valence-corrected chi connectivity index (χ0v) is 17.0. The number of carbonyl (C=O) groups is 1. The fourth-order valence-electron chi connectivity index (χ4n) is 2.99. The van der Waals surface area contributed by atoms with Gasteiger partial charge < -0.3 is 20.9 Å². The number of nitrogens with two attached hydrogens (primary N) is 1. The molecule has 0 saturated heterocycles. The topological polar surface area (TPSA) is 108 Å². The Balaban J connectivity index is 2.05. The number of rotatable bonds is 8. The molecule has 150 valence electrons. The van der Waals surface area contributed by atoms with Crippen LogP contribution in [0.15, 0.2) is 60.0 Å². The summed E-state index contributed by atoms with van der Waals surface area (Å²) in [6.45, 7) is 4.00. The second-order valence-corrected chi connectivity index (χ2v) is 7.65. The quantitative estimate of drug-likeness (QED) is 0.323. The first-order valence-electron chi connectivity index (χ1n) is 9.11. The van der Waals surface area contributed by atoms with Crippen LogP contribution in [0.1, 0.15) is 25.0 Å². The second-order valence-electron chi connectivity index (χ2n) is 6.70. The minimum Gasteiger partial charge on any atom is -0.494 e. The third kappa shape index (κ3) is 4.41. The Morgan fingerprint density at radius 3 is 2.52 bits per heavy atom. The summed E-state index contributed by atoms with van der Waals surface area (Å²) in [5, 5.41) is 22.7. The van der Waals surface area contributed by atoms with E-state index >= 15 is 0 Å². The molecule has 0 radical (unpaired) electrons. The normalized spacial score (nSPS) is 12.8. The van der Waals surface area contributed by atoms with Crippen LogP contribution in [0, 0.1) is 5.41 Å². The fraction of sp³-hybridized carbons (Fsp3) is 0.182. The van der Waals surface area contributed by atoms with Gasteiger partial charge in [0, 0.05) is 16.1 Å². The van der Waals surface area contributed by atoms with Gasteiger partial charge in [-0.15, -0.1) is 11.3 Å². The monoisotopic (exact) mass is 409 g/mol. The van der Waals surface area contributed by atoms with Gasteiger partial charge in [0.25, 0.3) is 0 Å². The number of hydrogen-bond acceptors (Lipinski definition) is 5. The second kappa shape index (κ2) is 8.36. The molecule has 2 aromatic carbocycles. The van der Waals surface area contributed by atoms with E-state index in [9.17, 15) is 9.90 Å². The van der Waals surface area contributed by atoms with Gasteiger partial charge in [0.05, 0.1) is 6.61 Å². The standard InChI is InChI=1S/C22H23N3O3S/c1-3-28-18-12-15(19-5-4-10-29-19)11-16(13-18)22(2,21(26)27)25-17-8-6-14(7-9-17)20(23)24/h4-13,25H,3H2,1-2H3,(H3,23,24)(H,26,27). The number of nitrogen functional groups attached to an aromatic ring is 1. The average molecular weight is 410 g/mol. The highest BCUT2D eigenvalue weighted by molar-refractivity contribution is 7.13. The van der Waals surface area contributed by atoms with Crippen molar-refractivity contribution in [2.45, 2.75) is 19.4 Å². The maximum absolute atomic E-state index is 12.3. The smallest absolute Gasteiger partial charge is 0.333 e. The molecule has 0 spiro atoms. The van der Waals surface area contributed by atoms with Crippen LogP contribution < -0.4 is 15.8 Å². The largest absolute Gasteiger partial charge is 0.494 e. The summed E-state index contributed by atoms with van der Waals surface area (Å²) in [5.74, 6) is -0.434. The highest BCUT2D eigenvalue weighted by Crippen LogP contribution is 2.35. The number of thiophene rings is 1. The van der Waals surface area contributed by atoms with E-state index in [1.165, 1.54) is 0 Å². The number of ether oxygens (including phenoxy) is 1. The molecule has 0 bridgehead atoms. The van der Waals surface area contributed by atoms with Gasteiger partial charge >= 0.3 is 5.97 Å². The maximum Gasteiger partial charge on any atom is 0.333 e. The average Bonchev–Trinajstić information content (AvgIpc) is 3.23. The summed E-state index contributed by atoms with van der Waals surface area (Å²) < 4.78 is 5.70. The molecule has 1 heterocycles. The van der Waals surface area contributed by atoms with Crippen LogP contribution in [-0.4, -0.2) is 23.5 Å². The molecular weight excluding hydrogens is 386 g/mol. The summed E-state index contributed by atoms with van der Waals surface area (Å²) >= 11 is 1.58. The highest BCUT2D eigenvalue weighted by Gasteiger charge is 2.36. The van der Waals surface area contributed by atoms with Crippen molar-refractivity contribution in [3.63, 3.8) is 0 Å². The van der Waals surface area contributed by atoms with E-state index in [2.05, 4.69) is 5.32 Å². The number of nitrogens with one attached hydrogen (secondary N) is 2. The zero-order valence-electron chi connectivity index (χ0n) is 16.2. The maximum atomic E-state index is 12.3. The van der Waals surface area contributed by atoms with Gasteiger partial charge in [0.2, 0.25) is 0 Å². The van der Waals surface area contributed by atoms with Gasteiger partial charge in [-0.1, -0.05) is 6.07 Å². The number of aliphatic carboxylic acids is 1. The number of hydrogen-bond donors (Lipinski definition) is 4. The first-order valence-corrected chi connectivity index (χ1v) is 9.99. The van der Waals surface area contributed by atoms with E-state index in [-0.39, 0.29) is 5.84 Å². The molecule has 5 N–H and O–H groups in total. The van der Waals surface area contributed by atoms with E-state index in [0.29, 0.717) is 29.2 Å². The van der Waals surface area contributed by atoms with Crippen molar-refractivity contribution in [2.24, 2.45) is 5.73 Å². The Morgan fingerprint density at radius 1 is 1.24 bits per heavy atom. The number of carboxylic acids is 1. The first-order chi connectivity index (χ1) is 13.8. The Labute approximate surface area is 173 Å². The van der Waals surface area contributed by atoms with Crippen LogP contribution in [0.2, 0.25) is 0 Å². The Bertz CT molecular complexity index is 1020. The molecule has 3 aromatic rings. The lowest BCUT2D eigenvalue weighted by molar-refractivity contribution is -0.142. The number of benzene rings is 2. The minimum atomic E-state index is -1.39. The third-order valence-corrected chi connectivity index (χ3v) is 5.54. The molecule has 3 rings (SSSR count). The summed E-state index contributed by atoms with van der Waals surface area (Å²) in [6.07, 6.45) is 0. The number of amidine groups is 1. The molecule has 0 fully saturated rings. The summed E-state index contributed by atoms with van der Waals surface area (Å²) in [4.78, 5) is 13.3. The molecule has 0 aliphatic carbocycles. The Hall–Kier alpha value is -3.32. The lowest BCUT2D eigenvalue weighted by Gasteiger charge is -2.29. The summed E-state index contributed by atoms with van der Waals surface area (Å²) in [7, 11) is 0. The Kier molecular flexibility index (Phi) is 5.89. The van der Waals surface area contributed by atoms with E-state index in [4.69, 9.17) is 15.9 Å². The van der Waals surface area contributed by atoms with Crippen LogP contribution in [0.5, 0.6) is 5.75 Å². The molecule has 0 saturated carbocycles. The van der Waals surface area contributed by atoms with E-state index < -0.39 is 11.5 Å². The summed E-state index contributed by atoms with van der Waals surface area (Å²) in [5.41, 5.74) is 6.77. The van der Waals surface area contributed by atoms with Gasteiger partial charge in [0.1, 0.15) is 11.6 Å². The van der Waals surface area contributed by atoms with Crippen molar-refractivity contribution in [3.05, 3.63) is 71.1 Å². The molecule has 0 aliphatic heterocycles. The molecule has 29 heavy (non-hydrogen) atoms. The molecule has 0 aliphatic rings.